The Morgan fingerprint density at radius 1 is 1.42 bits per heavy atom. The summed E-state index contributed by atoms with van der Waals surface area (Å²) in [6.07, 6.45) is 0.260. The number of sulfonamides is 1. The lowest BCUT2D eigenvalue weighted by Crippen LogP contribution is -2.31. The first kappa shape index (κ1) is 14.3. The molecule has 1 heterocycles. The van der Waals surface area contributed by atoms with E-state index in [4.69, 9.17) is 5.73 Å². The number of aliphatic hydroxyl groups excluding tert-OH is 1. The summed E-state index contributed by atoms with van der Waals surface area (Å²) in [5, 5.41) is 9.52. The van der Waals surface area contributed by atoms with Crippen molar-refractivity contribution in [1.29, 1.82) is 0 Å². The molecule has 0 saturated carbocycles. The highest BCUT2D eigenvalue weighted by molar-refractivity contribution is 7.88. The molecule has 0 spiro atoms. The molecular weight excluding hydrogens is 264 g/mol. The van der Waals surface area contributed by atoms with E-state index in [0.717, 1.165) is 12.0 Å². The molecule has 5 nitrogen and oxygen atoms in total. The van der Waals surface area contributed by atoms with E-state index in [0.29, 0.717) is 18.8 Å². The van der Waals surface area contributed by atoms with Crippen molar-refractivity contribution in [2.45, 2.75) is 25.2 Å². The lowest BCUT2D eigenvalue weighted by atomic mass is 10.0. The smallest absolute Gasteiger partial charge is 0.218 e. The predicted molar refractivity (Wildman–Crippen MR) is 74.8 cm³/mol. The van der Waals surface area contributed by atoms with Crippen LogP contribution in [0.15, 0.2) is 24.3 Å². The highest BCUT2D eigenvalue weighted by atomic mass is 32.2. The minimum atomic E-state index is -3.31. The zero-order chi connectivity index (χ0) is 14.0. The second-order valence-electron chi connectivity index (χ2n) is 5.15. The summed E-state index contributed by atoms with van der Waals surface area (Å²) in [5.74, 6) is 0.0287. The molecule has 1 aliphatic rings. The number of benzene rings is 1. The van der Waals surface area contributed by atoms with Crippen molar-refractivity contribution in [3.05, 3.63) is 29.8 Å². The van der Waals surface area contributed by atoms with Gasteiger partial charge < -0.3 is 10.8 Å². The van der Waals surface area contributed by atoms with Crippen molar-refractivity contribution < 1.29 is 13.5 Å². The van der Waals surface area contributed by atoms with Crippen LogP contribution in [0.25, 0.3) is 0 Å². The molecular formula is C13H20N2O3S. The molecule has 1 saturated heterocycles. The van der Waals surface area contributed by atoms with Gasteiger partial charge in [-0.05, 0) is 37.0 Å². The van der Waals surface area contributed by atoms with Gasteiger partial charge in [-0.3, -0.25) is 0 Å². The zero-order valence-electron chi connectivity index (χ0n) is 11.0. The van der Waals surface area contributed by atoms with Gasteiger partial charge in [0.25, 0.3) is 0 Å². The maximum absolute atomic E-state index is 12.3. The van der Waals surface area contributed by atoms with E-state index in [9.17, 15) is 13.5 Å². The van der Waals surface area contributed by atoms with Gasteiger partial charge in [0.15, 0.2) is 0 Å². The fourth-order valence-corrected chi connectivity index (χ4v) is 3.91. The average Bonchev–Trinajstić information content (AvgIpc) is 2.82. The van der Waals surface area contributed by atoms with Crippen molar-refractivity contribution in [2.75, 3.05) is 18.8 Å². The van der Waals surface area contributed by atoms with Crippen LogP contribution in [0.5, 0.6) is 0 Å². The third-order valence-corrected chi connectivity index (χ3v) is 5.41. The fourth-order valence-electron chi connectivity index (χ4n) is 2.32. The Bertz CT molecular complexity index is 525. The molecule has 0 amide bonds. The van der Waals surface area contributed by atoms with Gasteiger partial charge in [0.2, 0.25) is 10.0 Å². The molecule has 2 unspecified atom stereocenters. The summed E-state index contributed by atoms with van der Waals surface area (Å²) >= 11 is 0. The topological polar surface area (TPSA) is 83.6 Å². The number of anilines is 1. The van der Waals surface area contributed by atoms with Crippen LogP contribution in [0, 0.1) is 5.92 Å². The minimum Gasteiger partial charge on any atom is -0.399 e. The van der Waals surface area contributed by atoms with Crippen molar-refractivity contribution in [1.82, 2.24) is 4.31 Å². The van der Waals surface area contributed by atoms with Gasteiger partial charge in [0.05, 0.1) is 11.9 Å². The minimum absolute atomic E-state index is 0.0141. The van der Waals surface area contributed by atoms with Crippen molar-refractivity contribution in [3.8, 4) is 0 Å². The van der Waals surface area contributed by atoms with Crippen LogP contribution in [-0.4, -0.2) is 37.0 Å². The van der Waals surface area contributed by atoms with Gasteiger partial charge in [0, 0.05) is 18.8 Å². The van der Waals surface area contributed by atoms with E-state index in [-0.39, 0.29) is 11.7 Å². The third-order valence-electron chi connectivity index (χ3n) is 3.59. The summed E-state index contributed by atoms with van der Waals surface area (Å²) in [7, 11) is -3.31. The lowest BCUT2D eigenvalue weighted by molar-refractivity contribution is 0.133. The van der Waals surface area contributed by atoms with E-state index in [1.165, 1.54) is 4.31 Å². The van der Waals surface area contributed by atoms with E-state index in [1.807, 2.05) is 0 Å². The molecule has 1 aliphatic heterocycles. The average molecular weight is 284 g/mol. The van der Waals surface area contributed by atoms with Crippen LogP contribution in [0.4, 0.5) is 5.69 Å². The van der Waals surface area contributed by atoms with Gasteiger partial charge >= 0.3 is 0 Å². The largest absolute Gasteiger partial charge is 0.399 e. The third kappa shape index (κ3) is 3.46. The lowest BCUT2D eigenvalue weighted by Gasteiger charge is -2.17. The number of aliphatic hydroxyl groups is 1. The first-order valence-electron chi connectivity index (χ1n) is 6.39. The second kappa shape index (κ2) is 5.48. The number of rotatable bonds is 4. The number of hydrogen-bond donors (Lipinski definition) is 2. The van der Waals surface area contributed by atoms with Crippen LogP contribution in [-0.2, 0) is 15.8 Å². The van der Waals surface area contributed by atoms with Crippen molar-refractivity contribution in [3.63, 3.8) is 0 Å². The van der Waals surface area contributed by atoms with E-state index >= 15 is 0 Å². The number of nitrogen functional groups attached to an aromatic ring is 1. The number of nitrogens with zero attached hydrogens (tertiary/aromatic N) is 1. The quantitative estimate of drug-likeness (QED) is 0.801. The van der Waals surface area contributed by atoms with Crippen LogP contribution in [0.2, 0.25) is 0 Å². The monoisotopic (exact) mass is 284 g/mol. The van der Waals surface area contributed by atoms with Gasteiger partial charge in [-0.15, -0.1) is 0 Å². The number of hydrogen-bond acceptors (Lipinski definition) is 4. The molecule has 19 heavy (non-hydrogen) atoms. The van der Waals surface area contributed by atoms with Crippen LogP contribution >= 0.6 is 0 Å². The Morgan fingerprint density at radius 3 is 2.58 bits per heavy atom. The molecule has 1 aromatic carbocycles. The maximum Gasteiger partial charge on any atom is 0.218 e. The fraction of sp³-hybridized carbons (Fsp3) is 0.538. The predicted octanol–water partition coefficient (Wildman–Crippen LogP) is 0.801. The highest BCUT2D eigenvalue weighted by Gasteiger charge is 2.33. The van der Waals surface area contributed by atoms with E-state index in [1.54, 1.807) is 31.2 Å². The summed E-state index contributed by atoms with van der Waals surface area (Å²) in [5.41, 5.74) is 6.93. The molecule has 0 aliphatic carbocycles. The summed E-state index contributed by atoms with van der Waals surface area (Å²) < 4.78 is 26.0. The Balaban J connectivity index is 2.05. The zero-order valence-corrected chi connectivity index (χ0v) is 11.8. The molecule has 6 heteroatoms. The van der Waals surface area contributed by atoms with Crippen molar-refractivity contribution in [2.24, 2.45) is 5.92 Å². The van der Waals surface area contributed by atoms with Crippen LogP contribution in [0.1, 0.15) is 18.9 Å². The summed E-state index contributed by atoms with van der Waals surface area (Å²) in [6, 6.07) is 6.87. The SMILES string of the molecule is CC(O)C1CCN(S(=O)(=O)Cc2ccc(N)cc2)C1. The van der Waals surface area contributed by atoms with E-state index in [2.05, 4.69) is 0 Å². The first-order valence-corrected chi connectivity index (χ1v) is 8.00. The normalized spacial score (nSPS) is 22.5. The molecule has 0 bridgehead atoms. The molecule has 0 radical (unpaired) electrons. The van der Waals surface area contributed by atoms with Crippen LogP contribution < -0.4 is 5.73 Å². The summed E-state index contributed by atoms with van der Waals surface area (Å²) in [6.45, 7) is 2.61. The van der Waals surface area contributed by atoms with Gasteiger partial charge in [-0.2, -0.15) is 0 Å². The molecule has 1 fully saturated rings. The molecule has 0 aromatic heterocycles. The van der Waals surface area contributed by atoms with Gasteiger partial charge in [-0.25, -0.2) is 12.7 Å². The van der Waals surface area contributed by atoms with Crippen molar-refractivity contribution >= 4 is 15.7 Å². The maximum atomic E-state index is 12.3. The second-order valence-corrected chi connectivity index (χ2v) is 7.11. The van der Waals surface area contributed by atoms with E-state index < -0.39 is 16.1 Å². The Morgan fingerprint density at radius 2 is 2.05 bits per heavy atom. The summed E-state index contributed by atoms with van der Waals surface area (Å²) in [4.78, 5) is 0. The molecule has 2 rings (SSSR count). The highest BCUT2D eigenvalue weighted by Crippen LogP contribution is 2.24. The van der Waals surface area contributed by atoms with Gasteiger partial charge in [0.1, 0.15) is 0 Å². The standard InChI is InChI=1S/C13H20N2O3S/c1-10(16)12-6-7-15(8-12)19(17,18)9-11-2-4-13(14)5-3-11/h2-5,10,12,16H,6-9,14H2,1H3. The Kier molecular flexibility index (Phi) is 4.13. The molecule has 106 valence electrons. The molecule has 1 aromatic rings. The van der Waals surface area contributed by atoms with Gasteiger partial charge in [-0.1, -0.05) is 12.1 Å². The number of nitrogens with two attached hydrogens (primary N) is 1. The molecule has 3 N–H and O–H groups in total. The Hall–Kier alpha value is -1.11. The first-order chi connectivity index (χ1) is 8.88. The Labute approximate surface area is 114 Å². The van der Waals surface area contributed by atoms with Crippen LogP contribution in [0.3, 0.4) is 0 Å². The molecule has 2 atom stereocenters.